The summed E-state index contributed by atoms with van der Waals surface area (Å²) in [7, 11) is 1.71. The van der Waals surface area contributed by atoms with E-state index in [9.17, 15) is 0 Å². The van der Waals surface area contributed by atoms with Crippen molar-refractivity contribution in [2.45, 2.75) is 12.5 Å². The van der Waals surface area contributed by atoms with Crippen molar-refractivity contribution in [3.05, 3.63) is 54.6 Å². The molecule has 1 aromatic rings. The number of methoxy groups -OCH3 is 1. The van der Waals surface area contributed by atoms with Crippen molar-refractivity contribution in [3.8, 4) is 0 Å². The van der Waals surface area contributed by atoms with E-state index in [4.69, 9.17) is 4.74 Å². The van der Waals surface area contributed by atoms with Gasteiger partial charge in [0, 0.05) is 7.11 Å². The second-order valence-electron chi connectivity index (χ2n) is 3.07. The average Bonchev–Trinajstić information content (AvgIpc) is 2.25. The van der Waals surface area contributed by atoms with Crippen LogP contribution in [0.4, 0.5) is 0 Å². The fraction of sp³-hybridized carbons (Fsp3) is 0.231. The summed E-state index contributed by atoms with van der Waals surface area (Å²) in [6.07, 6.45) is 6.96. The molecule has 1 heteroatoms. The summed E-state index contributed by atoms with van der Waals surface area (Å²) in [6, 6.07) is 10.2. The lowest BCUT2D eigenvalue weighted by Crippen LogP contribution is -2.04. The van der Waals surface area contributed by atoms with Crippen molar-refractivity contribution in [2.75, 3.05) is 7.11 Å². The molecule has 0 N–H and O–H groups in total. The van der Waals surface area contributed by atoms with Gasteiger partial charge in [-0.05, 0) is 12.0 Å². The summed E-state index contributed by atoms with van der Waals surface area (Å²) < 4.78 is 5.25. The number of ether oxygens (including phenoxy) is 1. The molecular weight excluding hydrogens is 172 g/mol. The van der Waals surface area contributed by atoms with E-state index < -0.39 is 0 Å². The second-order valence-corrected chi connectivity index (χ2v) is 3.07. The molecular formula is C13H16O. The molecule has 0 bridgehead atoms. The Morgan fingerprint density at radius 2 is 2.07 bits per heavy atom. The van der Waals surface area contributed by atoms with Crippen LogP contribution in [0.3, 0.4) is 0 Å². The molecule has 1 aromatic carbocycles. The third-order valence-electron chi connectivity index (χ3n) is 2.00. The lowest BCUT2D eigenvalue weighted by Gasteiger charge is -2.06. The molecule has 14 heavy (non-hydrogen) atoms. The Balaban J connectivity index is 2.57. The SMILES string of the molecule is C=CC[C@@H](/C=C/c1ccccc1)OC. The number of benzene rings is 1. The van der Waals surface area contributed by atoms with Crippen molar-refractivity contribution in [1.82, 2.24) is 0 Å². The Kier molecular flexibility index (Phi) is 4.73. The maximum absolute atomic E-state index is 5.25. The molecule has 0 unspecified atom stereocenters. The van der Waals surface area contributed by atoms with E-state index in [-0.39, 0.29) is 6.10 Å². The van der Waals surface area contributed by atoms with Gasteiger partial charge in [-0.2, -0.15) is 0 Å². The summed E-state index contributed by atoms with van der Waals surface area (Å²) in [5.41, 5.74) is 1.19. The first kappa shape index (κ1) is 10.7. The van der Waals surface area contributed by atoms with Gasteiger partial charge in [-0.1, -0.05) is 48.6 Å². The molecule has 0 aliphatic carbocycles. The molecule has 1 nitrogen and oxygen atoms in total. The van der Waals surface area contributed by atoms with Crippen LogP contribution in [0.2, 0.25) is 0 Å². The predicted octanol–water partition coefficient (Wildman–Crippen LogP) is 3.29. The van der Waals surface area contributed by atoms with Crippen LogP contribution in [0.5, 0.6) is 0 Å². The van der Waals surface area contributed by atoms with Crippen molar-refractivity contribution >= 4 is 6.08 Å². The van der Waals surface area contributed by atoms with Crippen molar-refractivity contribution in [1.29, 1.82) is 0 Å². The van der Waals surface area contributed by atoms with E-state index in [0.717, 1.165) is 6.42 Å². The molecule has 1 atom stereocenters. The maximum Gasteiger partial charge on any atom is 0.0789 e. The topological polar surface area (TPSA) is 9.23 Å². The van der Waals surface area contributed by atoms with Gasteiger partial charge >= 0.3 is 0 Å². The smallest absolute Gasteiger partial charge is 0.0789 e. The molecule has 0 aliphatic heterocycles. The van der Waals surface area contributed by atoms with Gasteiger partial charge in [-0.3, -0.25) is 0 Å². The van der Waals surface area contributed by atoms with Gasteiger partial charge in [-0.15, -0.1) is 6.58 Å². The lowest BCUT2D eigenvalue weighted by molar-refractivity contribution is 0.144. The Morgan fingerprint density at radius 1 is 1.36 bits per heavy atom. The highest BCUT2D eigenvalue weighted by atomic mass is 16.5. The van der Waals surface area contributed by atoms with Crippen LogP contribution in [0.25, 0.3) is 6.08 Å². The number of hydrogen-bond acceptors (Lipinski definition) is 1. The fourth-order valence-electron chi connectivity index (χ4n) is 1.20. The first-order chi connectivity index (χ1) is 6.86. The molecule has 0 radical (unpaired) electrons. The van der Waals surface area contributed by atoms with Gasteiger partial charge in [-0.25, -0.2) is 0 Å². The normalized spacial score (nSPS) is 12.9. The van der Waals surface area contributed by atoms with Gasteiger partial charge in [0.1, 0.15) is 0 Å². The van der Waals surface area contributed by atoms with Crippen LogP contribution < -0.4 is 0 Å². The number of hydrogen-bond donors (Lipinski definition) is 0. The minimum absolute atomic E-state index is 0.132. The van der Waals surface area contributed by atoms with E-state index in [2.05, 4.69) is 30.9 Å². The quantitative estimate of drug-likeness (QED) is 0.644. The summed E-state index contributed by atoms with van der Waals surface area (Å²) in [5.74, 6) is 0. The van der Waals surface area contributed by atoms with E-state index >= 15 is 0 Å². The monoisotopic (exact) mass is 188 g/mol. The highest BCUT2D eigenvalue weighted by Crippen LogP contribution is 2.05. The summed E-state index contributed by atoms with van der Waals surface area (Å²) in [6.45, 7) is 3.69. The van der Waals surface area contributed by atoms with Crippen LogP contribution in [0.15, 0.2) is 49.1 Å². The van der Waals surface area contributed by atoms with Crippen molar-refractivity contribution < 1.29 is 4.74 Å². The molecule has 0 saturated carbocycles. The highest BCUT2D eigenvalue weighted by molar-refractivity contribution is 5.49. The zero-order chi connectivity index (χ0) is 10.2. The van der Waals surface area contributed by atoms with Crippen molar-refractivity contribution in [2.24, 2.45) is 0 Å². The molecule has 0 aromatic heterocycles. The van der Waals surface area contributed by atoms with Gasteiger partial charge in [0.25, 0.3) is 0 Å². The second kappa shape index (κ2) is 6.17. The average molecular weight is 188 g/mol. The van der Waals surface area contributed by atoms with Gasteiger partial charge in [0.15, 0.2) is 0 Å². The fourth-order valence-corrected chi connectivity index (χ4v) is 1.20. The predicted molar refractivity (Wildman–Crippen MR) is 61.1 cm³/mol. The Labute approximate surface area is 85.7 Å². The highest BCUT2D eigenvalue weighted by Gasteiger charge is 1.97. The summed E-state index contributed by atoms with van der Waals surface area (Å²) in [5, 5.41) is 0. The first-order valence-electron chi connectivity index (χ1n) is 4.73. The minimum Gasteiger partial charge on any atom is -0.377 e. The maximum atomic E-state index is 5.25. The van der Waals surface area contributed by atoms with E-state index in [0.29, 0.717) is 0 Å². The molecule has 0 spiro atoms. The van der Waals surface area contributed by atoms with Crippen molar-refractivity contribution in [3.63, 3.8) is 0 Å². The van der Waals surface area contributed by atoms with Gasteiger partial charge < -0.3 is 4.74 Å². The first-order valence-corrected chi connectivity index (χ1v) is 4.73. The van der Waals surface area contributed by atoms with E-state index in [1.54, 1.807) is 7.11 Å². The summed E-state index contributed by atoms with van der Waals surface area (Å²) >= 11 is 0. The molecule has 0 amide bonds. The largest absolute Gasteiger partial charge is 0.377 e. The molecule has 1 rings (SSSR count). The minimum atomic E-state index is 0.132. The van der Waals surface area contributed by atoms with Gasteiger partial charge in [0.2, 0.25) is 0 Å². The van der Waals surface area contributed by atoms with Crippen LogP contribution >= 0.6 is 0 Å². The third kappa shape index (κ3) is 3.58. The standard InChI is InChI=1S/C13H16O/c1-3-7-13(14-2)11-10-12-8-5-4-6-9-12/h3-6,8-11,13H,1,7H2,2H3/b11-10+/t13-/m0/s1. The zero-order valence-corrected chi connectivity index (χ0v) is 8.52. The molecule has 0 aliphatic rings. The molecule has 0 heterocycles. The zero-order valence-electron chi connectivity index (χ0n) is 8.52. The molecule has 0 fully saturated rings. The van der Waals surface area contributed by atoms with Gasteiger partial charge in [0.05, 0.1) is 6.10 Å². The van der Waals surface area contributed by atoms with Crippen LogP contribution in [-0.2, 0) is 4.74 Å². The Bertz CT molecular complexity index is 287. The number of rotatable bonds is 5. The molecule has 74 valence electrons. The van der Waals surface area contributed by atoms with E-state index in [1.165, 1.54) is 5.56 Å². The summed E-state index contributed by atoms with van der Waals surface area (Å²) in [4.78, 5) is 0. The van der Waals surface area contributed by atoms with E-state index in [1.807, 2.05) is 24.3 Å². The van der Waals surface area contributed by atoms with Crippen LogP contribution in [-0.4, -0.2) is 13.2 Å². The third-order valence-corrected chi connectivity index (χ3v) is 2.00. The molecule has 0 saturated heterocycles. The lowest BCUT2D eigenvalue weighted by atomic mass is 10.1. The Morgan fingerprint density at radius 3 is 2.64 bits per heavy atom. The van der Waals surface area contributed by atoms with Crippen LogP contribution in [0, 0.1) is 0 Å². The Hall–Kier alpha value is -1.34. The van der Waals surface area contributed by atoms with Crippen LogP contribution in [0.1, 0.15) is 12.0 Å².